The molecule has 0 N–H and O–H groups in total. The fourth-order valence-electron chi connectivity index (χ4n) is 6.89. The first kappa shape index (κ1) is 50.8. The average molecular weight is 985 g/mol. The van der Waals surface area contributed by atoms with Gasteiger partial charge in [-0.15, -0.1) is 0 Å². The molecule has 0 aromatic heterocycles. The fourth-order valence-corrected chi connectivity index (χ4v) is 6.89. The van der Waals surface area contributed by atoms with Crippen molar-refractivity contribution >= 4 is 35.8 Å². The summed E-state index contributed by atoms with van der Waals surface area (Å²) >= 11 is 0. The van der Waals surface area contributed by atoms with Crippen LogP contribution in [0, 0.1) is 0 Å². The molecule has 0 fully saturated rings. The monoisotopic (exact) mass is 984 g/mol. The quantitative estimate of drug-likeness (QED) is 0.0822. The number of carbonyl (C=O) groups is 6. The maximum atomic E-state index is 13.5. The van der Waals surface area contributed by atoms with Crippen LogP contribution in [0.15, 0.2) is 109 Å². The number of hydrogen-bond donors (Lipinski definition) is 0. The van der Waals surface area contributed by atoms with Crippen LogP contribution in [0.2, 0.25) is 0 Å². The van der Waals surface area contributed by atoms with Crippen LogP contribution in [0.1, 0.15) is 104 Å². The van der Waals surface area contributed by atoms with E-state index in [0.717, 1.165) is 0 Å². The Morgan fingerprint density at radius 2 is 0.389 bits per heavy atom. The van der Waals surface area contributed by atoms with Gasteiger partial charge in [-0.3, -0.25) is 0 Å². The molecule has 22 rings (SSSR count). The van der Waals surface area contributed by atoms with Gasteiger partial charge < -0.3 is 56.8 Å². The van der Waals surface area contributed by atoms with Gasteiger partial charge in [-0.05, 0) is 151 Å². The van der Waals surface area contributed by atoms with Crippen molar-refractivity contribution in [2.24, 2.45) is 0 Å². The lowest BCUT2D eigenvalue weighted by Crippen LogP contribution is -2.12. The summed E-state index contributed by atoms with van der Waals surface area (Å²) in [6, 6.07) is 25.8. The van der Waals surface area contributed by atoms with E-state index in [-0.39, 0.29) is 142 Å². The third-order valence-electron chi connectivity index (χ3n) is 10.1. The van der Waals surface area contributed by atoms with Crippen molar-refractivity contribution in [1.82, 2.24) is 0 Å². The highest BCUT2D eigenvalue weighted by molar-refractivity contribution is 6.01. The van der Waals surface area contributed by atoms with Gasteiger partial charge in [0.1, 0.15) is 102 Å². The van der Waals surface area contributed by atoms with Crippen molar-refractivity contribution < 1.29 is 85.6 Å². The highest BCUT2D eigenvalue weighted by atomic mass is 16.6. The Morgan fingerprint density at radius 1 is 0.264 bits per heavy atom. The topological polar surface area (TPSA) is 213 Å². The standard InChI is InChI=1S/C54H48O18/c1-7-61-49(55)37-25-44-38(50(56)62-8-2)26-43(37)67-31-13-15-33(16-14-31)69-45-27-40(52(58)64-10-4)47(28-39(45)51(57)63-9-3)71-35-21-23-36(24-22-35)72-48-30-41(53(59)65-11-5)46(29-42(48)54(60)66-12-6)70-34-19-17-32(68-44)18-20-34/h13-30H,7-12H2,1-6H3. The second-order valence-corrected chi connectivity index (χ2v) is 14.9. The maximum Gasteiger partial charge on any atom is 0.342 e. The molecule has 0 saturated carbocycles. The molecule has 0 amide bonds. The zero-order valence-corrected chi connectivity index (χ0v) is 40.0. The molecule has 0 unspecified atom stereocenters. The molecule has 6 aromatic carbocycles. The summed E-state index contributed by atoms with van der Waals surface area (Å²) in [7, 11) is 0. The van der Waals surface area contributed by atoms with E-state index in [2.05, 4.69) is 0 Å². The third-order valence-corrected chi connectivity index (χ3v) is 10.1. The van der Waals surface area contributed by atoms with Crippen molar-refractivity contribution in [2.45, 2.75) is 41.5 Å². The summed E-state index contributed by atoms with van der Waals surface area (Å²) in [6.07, 6.45) is 0. The van der Waals surface area contributed by atoms with E-state index in [0.29, 0.717) is 0 Å². The minimum absolute atomic E-state index is 0.00225. The molecule has 372 valence electrons. The molecule has 0 saturated heterocycles. The minimum atomic E-state index is -0.799. The Morgan fingerprint density at radius 3 is 0.500 bits per heavy atom. The number of ether oxygens (including phenoxy) is 12. The highest BCUT2D eigenvalue weighted by Gasteiger charge is 2.28. The molecular formula is C54H48O18. The summed E-state index contributed by atoms with van der Waals surface area (Å²) in [5.41, 5.74) is -0.668. The molecule has 16 aliphatic rings. The first-order valence-electron chi connectivity index (χ1n) is 22.8. The van der Waals surface area contributed by atoms with Gasteiger partial charge in [0.2, 0.25) is 0 Å². The largest absolute Gasteiger partial charge is 0.462 e. The first-order valence-corrected chi connectivity index (χ1v) is 22.8. The van der Waals surface area contributed by atoms with Gasteiger partial charge >= 0.3 is 35.8 Å². The normalized spacial score (nSPS) is 11.4. The van der Waals surface area contributed by atoms with E-state index in [1.807, 2.05) is 0 Å². The van der Waals surface area contributed by atoms with Crippen molar-refractivity contribution in [3.63, 3.8) is 0 Å². The van der Waals surface area contributed by atoms with Gasteiger partial charge in [-0.25, -0.2) is 28.8 Å². The Hall–Kier alpha value is -9.06. The molecule has 6 aromatic rings. The van der Waals surface area contributed by atoms with Crippen LogP contribution >= 0.6 is 0 Å². The maximum absolute atomic E-state index is 13.5. The molecule has 0 atom stereocenters. The van der Waals surface area contributed by atoms with Crippen molar-refractivity contribution in [3.8, 4) is 69.0 Å². The van der Waals surface area contributed by atoms with Gasteiger partial charge in [-0.1, -0.05) is 0 Å². The Bertz CT molecular complexity index is 2460. The van der Waals surface area contributed by atoms with E-state index in [1.54, 1.807) is 41.5 Å². The SMILES string of the molecule is CCOC(=O)c1cc2c(C(=O)OCC)cc1Oc1ccc(cc1)Oc1cc(C(=O)OCC)c(cc1C(=O)OCC)Oc1ccc(cc1)Oc1cc(C(=O)OCC)c(cc1C(=O)OCC)Oc1ccc(cc1)O2. The third kappa shape index (κ3) is 12.0. The second-order valence-electron chi connectivity index (χ2n) is 14.9. The molecule has 16 heterocycles. The molecule has 0 radical (unpaired) electrons. The fraction of sp³-hybridized carbons (Fsp3) is 0.222. The van der Waals surface area contributed by atoms with Crippen molar-refractivity contribution in [2.75, 3.05) is 39.6 Å². The predicted octanol–water partition coefficient (Wildman–Crippen LogP) is 11.8. The second kappa shape index (κ2) is 23.5. The Labute approximate surface area is 413 Å². The summed E-state index contributed by atoms with van der Waals surface area (Å²) in [5.74, 6) is -4.27. The van der Waals surface area contributed by atoms with Crippen molar-refractivity contribution in [3.05, 3.63) is 143 Å². The van der Waals surface area contributed by atoms with Crippen LogP contribution in [0.25, 0.3) is 0 Å². The van der Waals surface area contributed by atoms with E-state index in [1.165, 1.54) is 109 Å². The number of hydrogen-bond acceptors (Lipinski definition) is 18. The lowest BCUT2D eigenvalue weighted by molar-refractivity contribution is 0.0506. The summed E-state index contributed by atoms with van der Waals surface area (Å²) in [6.45, 7) is 9.75. The predicted molar refractivity (Wildman–Crippen MR) is 255 cm³/mol. The molecule has 0 spiro atoms. The summed E-state index contributed by atoms with van der Waals surface area (Å²) in [5, 5.41) is 0. The summed E-state index contributed by atoms with van der Waals surface area (Å²) < 4.78 is 69.4. The van der Waals surface area contributed by atoms with E-state index < -0.39 is 35.8 Å². The number of rotatable bonds is 12. The minimum Gasteiger partial charge on any atom is -0.462 e. The lowest BCUT2D eigenvalue weighted by Gasteiger charge is -2.18. The zero-order valence-electron chi connectivity index (χ0n) is 40.0. The Kier molecular flexibility index (Phi) is 16.6. The molecule has 18 heteroatoms. The molecular weight excluding hydrogens is 937 g/mol. The van der Waals surface area contributed by atoms with Gasteiger partial charge in [-0.2, -0.15) is 0 Å². The zero-order chi connectivity index (χ0) is 51.3. The highest BCUT2D eigenvalue weighted by Crippen LogP contribution is 2.41. The van der Waals surface area contributed by atoms with Crippen LogP contribution < -0.4 is 28.4 Å². The van der Waals surface area contributed by atoms with Gasteiger partial charge in [0.25, 0.3) is 0 Å². The van der Waals surface area contributed by atoms with Crippen LogP contribution in [-0.4, -0.2) is 75.5 Å². The molecule has 0 aliphatic carbocycles. The smallest absolute Gasteiger partial charge is 0.342 e. The van der Waals surface area contributed by atoms with Gasteiger partial charge in [0, 0.05) is 0 Å². The van der Waals surface area contributed by atoms with Crippen LogP contribution in [0.3, 0.4) is 0 Å². The van der Waals surface area contributed by atoms with Gasteiger partial charge in [0.05, 0.1) is 39.6 Å². The van der Waals surface area contributed by atoms with Gasteiger partial charge in [0.15, 0.2) is 0 Å². The number of esters is 6. The number of carbonyl (C=O) groups excluding carboxylic acids is 6. The number of benzene rings is 6. The lowest BCUT2D eigenvalue weighted by atomic mass is 10.1. The molecule has 18 nitrogen and oxygen atoms in total. The molecule has 72 heavy (non-hydrogen) atoms. The Balaban J connectivity index is 1.41. The van der Waals surface area contributed by atoms with E-state index in [4.69, 9.17) is 56.8 Å². The van der Waals surface area contributed by atoms with Crippen LogP contribution in [0.5, 0.6) is 69.0 Å². The molecule has 12 bridgehead atoms. The van der Waals surface area contributed by atoms with Crippen LogP contribution in [-0.2, 0) is 28.4 Å². The molecule has 16 aliphatic heterocycles. The van der Waals surface area contributed by atoms with Crippen molar-refractivity contribution in [1.29, 1.82) is 0 Å². The first-order chi connectivity index (χ1) is 34.9. The summed E-state index contributed by atoms with van der Waals surface area (Å²) in [4.78, 5) is 81.0. The van der Waals surface area contributed by atoms with Crippen LogP contribution in [0.4, 0.5) is 0 Å². The van der Waals surface area contributed by atoms with E-state index in [9.17, 15) is 28.8 Å². The average Bonchev–Trinajstić information content (AvgIpc) is 3.36. The van der Waals surface area contributed by atoms with E-state index >= 15 is 0 Å².